The van der Waals surface area contributed by atoms with Gasteiger partial charge in [0.15, 0.2) is 5.16 Å². The number of ether oxygens (including phenoxy) is 1. The van der Waals surface area contributed by atoms with E-state index in [1.165, 1.54) is 28.3 Å². The molecule has 1 amide bonds. The minimum Gasteiger partial charge on any atom is -0.478 e. The molecule has 1 aromatic heterocycles. The number of anilines is 1. The number of carboxylic acids is 1. The summed E-state index contributed by atoms with van der Waals surface area (Å²) < 4.78 is 7.25. The maximum atomic E-state index is 13.2. The molecule has 1 unspecified atom stereocenters. The van der Waals surface area contributed by atoms with Gasteiger partial charge in [-0.05, 0) is 55.2 Å². The lowest BCUT2D eigenvalue weighted by molar-refractivity contribution is -0.113. The predicted octanol–water partition coefficient (Wildman–Crippen LogP) is 3.96. The maximum absolute atomic E-state index is 13.2. The summed E-state index contributed by atoms with van der Waals surface area (Å²) >= 11 is 1.15. The summed E-state index contributed by atoms with van der Waals surface area (Å²) in [6.45, 7) is 3.12. The number of fused-ring (bicyclic) bond motifs is 1. The van der Waals surface area contributed by atoms with E-state index in [0.29, 0.717) is 34.9 Å². The number of hydrogen-bond acceptors (Lipinski definition) is 6. The van der Waals surface area contributed by atoms with Crippen molar-refractivity contribution in [3.8, 4) is 0 Å². The molecular formula is C25H27N3O5S. The third-order valence-corrected chi connectivity index (χ3v) is 6.66. The number of aryl methyl sites for hydroxylation is 1. The molecule has 9 heteroatoms. The Morgan fingerprint density at radius 2 is 2.03 bits per heavy atom. The highest BCUT2D eigenvalue weighted by Crippen LogP contribution is 2.22. The molecule has 2 heterocycles. The van der Waals surface area contributed by atoms with Gasteiger partial charge in [0.05, 0.1) is 34.9 Å². The SMILES string of the molecule is CCCc1ccc(NC(=O)CSc2nc3cc(C(=O)O)ccc3c(=O)n2CC2CCCO2)cc1. The molecule has 2 N–H and O–H groups in total. The molecule has 0 radical (unpaired) electrons. The van der Waals surface area contributed by atoms with Crippen LogP contribution in [0.1, 0.15) is 42.1 Å². The average Bonchev–Trinajstić information content (AvgIpc) is 3.34. The van der Waals surface area contributed by atoms with Crippen LogP contribution in [0, 0.1) is 0 Å². The molecule has 0 bridgehead atoms. The minimum absolute atomic E-state index is 0.0523. The van der Waals surface area contributed by atoms with Crippen molar-refractivity contribution in [3.05, 3.63) is 63.9 Å². The van der Waals surface area contributed by atoms with Crippen LogP contribution in [-0.4, -0.2) is 45.0 Å². The van der Waals surface area contributed by atoms with Crippen molar-refractivity contribution in [2.75, 3.05) is 17.7 Å². The summed E-state index contributed by atoms with van der Waals surface area (Å²) in [4.78, 5) is 41.8. The fraction of sp³-hybridized carbons (Fsp3) is 0.360. The standard InChI is InChI=1S/C25H27N3O5S/c1-2-4-16-6-9-18(10-7-16)26-22(29)15-34-25-27-21-13-17(24(31)32)8-11-20(21)23(30)28(25)14-19-5-3-12-33-19/h6-11,13,19H,2-5,12,14-15H2,1H3,(H,26,29)(H,31,32). The van der Waals surface area contributed by atoms with Gasteiger partial charge in [0.1, 0.15) is 0 Å². The van der Waals surface area contributed by atoms with E-state index in [0.717, 1.165) is 37.4 Å². The molecule has 1 fully saturated rings. The van der Waals surface area contributed by atoms with E-state index in [9.17, 15) is 19.5 Å². The van der Waals surface area contributed by atoms with Gasteiger partial charge in [0, 0.05) is 12.3 Å². The first kappa shape index (κ1) is 24.0. The smallest absolute Gasteiger partial charge is 0.335 e. The number of thioether (sulfide) groups is 1. The van der Waals surface area contributed by atoms with E-state index in [-0.39, 0.29) is 28.9 Å². The highest BCUT2D eigenvalue weighted by molar-refractivity contribution is 7.99. The first-order chi connectivity index (χ1) is 16.4. The molecule has 1 aliphatic heterocycles. The summed E-state index contributed by atoms with van der Waals surface area (Å²) in [5.74, 6) is -1.25. The Morgan fingerprint density at radius 3 is 2.71 bits per heavy atom. The van der Waals surface area contributed by atoms with Crippen LogP contribution in [-0.2, 0) is 22.5 Å². The normalized spacial score (nSPS) is 15.5. The Balaban J connectivity index is 1.56. The van der Waals surface area contributed by atoms with E-state index in [2.05, 4.69) is 17.2 Å². The molecule has 8 nitrogen and oxygen atoms in total. The Morgan fingerprint density at radius 1 is 1.24 bits per heavy atom. The fourth-order valence-corrected chi connectivity index (χ4v) is 4.78. The van der Waals surface area contributed by atoms with Crippen molar-refractivity contribution in [1.29, 1.82) is 0 Å². The Bertz CT molecular complexity index is 1250. The van der Waals surface area contributed by atoms with Crippen molar-refractivity contribution < 1.29 is 19.4 Å². The number of nitrogens with one attached hydrogen (secondary N) is 1. The molecule has 0 spiro atoms. The first-order valence-corrected chi connectivity index (χ1v) is 12.3. The lowest BCUT2D eigenvalue weighted by Crippen LogP contribution is -2.29. The number of nitrogens with zero attached hydrogens (tertiary/aromatic N) is 2. The van der Waals surface area contributed by atoms with E-state index in [1.807, 2.05) is 24.3 Å². The topological polar surface area (TPSA) is 111 Å². The van der Waals surface area contributed by atoms with Gasteiger partial charge in [-0.15, -0.1) is 0 Å². The lowest BCUT2D eigenvalue weighted by atomic mass is 10.1. The van der Waals surface area contributed by atoms with Gasteiger partial charge in [-0.3, -0.25) is 14.2 Å². The van der Waals surface area contributed by atoms with Crippen LogP contribution in [0.15, 0.2) is 52.4 Å². The molecule has 1 atom stereocenters. The van der Waals surface area contributed by atoms with Gasteiger partial charge in [0.2, 0.25) is 5.91 Å². The highest BCUT2D eigenvalue weighted by Gasteiger charge is 2.21. The number of aromatic nitrogens is 2. The van der Waals surface area contributed by atoms with Gasteiger partial charge in [-0.25, -0.2) is 9.78 Å². The van der Waals surface area contributed by atoms with E-state index in [1.54, 1.807) is 0 Å². The molecule has 34 heavy (non-hydrogen) atoms. The van der Waals surface area contributed by atoms with Crippen molar-refractivity contribution in [1.82, 2.24) is 9.55 Å². The van der Waals surface area contributed by atoms with Crippen LogP contribution in [0.25, 0.3) is 10.9 Å². The van der Waals surface area contributed by atoms with Gasteiger partial charge in [0.25, 0.3) is 5.56 Å². The van der Waals surface area contributed by atoms with E-state index in [4.69, 9.17) is 4.74 Å². The summed E-state index contributed by atoms with van der Waals surface area (Å²) in [6, 6.07) is 12.0. The third kappa shape index (κ3) is 5.66. The molecular weight excluding hydrogens is 454 g/mol. The van der Waals surface area contributed by atoms with Crippen molar-refractivity contribution >= 4 is 40.2 Å². The van der Waals surface area contributed by atoms with Crippen molar-refractivity contribution in [2.45, 2.75) is 50.4 Å². The molecule has 2 aromatic carbocycles. The van der Waals surface area contributed by atoms with Gasteiger partial charge in [-0.1, -0.05) is 37.2 Å². The van der Waals surface area contributed by atoms with Crippen LogP contribution < -0.4 is 10.9 Å². The van der Waals surface area contributed by atoms with E-state index < -0.39 is 5.97 Å². The van der Waals surface area contributed by atoms with Gasteiger partial charge < -0.3 is 15.2 Å². The largest absolute Gasteiger partial charge is 0.478 e. The van der Waals surface area contributed by atoms with Crippen LogP contribution >= 0.6 is 11.8 Å². The maximum Gasteiger partial charge on any atom is 0.335 e. The lowest BCUT2D eigenvalue weighted by Gasteiger charge is -2.16. The number of aromatic carboxylic acids is 1. The second-order valence-electron chi connectivity index (χ2n) is 8.27. The van der Waals surface area contributed by atoms with Crippen LogP contribution in [0.4, 0.5) is 5.69 Å². The summed E-state index contributed by atoms with van der Waals surface area (Å²) in [7, 11) is 0. The quantitative estimate of drug-likeness (QED) is 0.352. The van der Waals surface area contributed by atoms with E-state index >= 15 is 0 Å². The van der Waals surface area contributed by atoms with Gasteiger partial charge >= 0.3 is 5.97 Å². The molecule has 0 saturated carbocycles. The van der Waals surface area contributed by atoms with Crippen LogP contribution in [0.5, 0.6) is 0 Å². The zero-order chi connectivity index (χ0) is 24.1. The summed E-state index contributed by atoms with van der Waals surface area (Å²) in [5.41, 5.74) is 2.00. The van der Waals surface area contributed by atoms with Crippen molar-refractivity contribution in [2.24, 2.45) is 0 Å². The number of carbonyl (C=O) groups excluding carboxylic acids is 1. The monoisotopic (exact) mass is 481 g/mol. The number of benzene rings is 2. The highest BCUT2D eigenvalue weighted by atomic mass is 32.2. The zero-order valence-electron chi connectivity index (χ0n) is 19.0. The molecule has 1 saturated heterocycles. The zero-order valence-corrected chi connectivity index (χ0v) is 19.8. The van der Waals surface area contributed by atoms with Crippen molar-refractivity contribution in [3.63, 3.8) is 0 Å². The predicted molar refractivity (Wildman–Crippen MR) is 132 cm³/mol. The Labute approximate surface area is 201 Å². The Kier molecular flexibility index (Phi) is 7.64. The molecule has 0 aliphatic carbocycles. The summed E-state index contributed by atoms with van der Waals surface area (Å²) in [5, 5.41) is 12.9. The number of carbonyl (C=O) groups is 2. The molecule has 1 aliphatic rings. The summed E-state index contributed by atoms with van der Waals surface area (Å²) in [6.07, 6.45) is 3.74. The number of carboxylic acid groups (broad SMARTS) is 1. The third-order valence-electron chi connectivity index (χ3n) is 5.69. The average molecular weight is 482 g/mol. The fourth-order valence-electron chi connectivity index (χ4n) is 3.97. The number of rotatable bonds is 9. The van der Waals surface area contributed by atoms with Crippen LogP contribution in [0.2, 0.25) is 0 Å². The first-order valence-electron chi connectivity index (χ1n) is 11.4. The number of amides is 1. The second kappa shape index (κ2) is 10.8. The molecule has 3 aromatic rings. The van der Waals surface area contributed by atoms with Crippen LogP contribution in [0.3, 0.4) is 0 Å². The molecule has 178 valence electrons. The number of hydrogen-bond donors (Lipinski definition) is 2. The minimum atomic E-state index is -1.09. The Hall–Kier alpha value is -3.17. The second-order valence-corrected chi connectivity index (χ2v) is 9.21. The molecule has 4 rings (SSSR count). The van der Waals surface area contributed by atoms with Gasteiger partial charge in [-0.2, -0.15) is 0 Å².